The summed E-state index contributed by atoms with van der Waals surface area (Å²) in [6, 6.07) is 16.7. The third-order valence-electron chi connectivity index (χ3n) is 4.44. The molecule has 0 aromatic heterocycles. The van der Waals surface area contributed by atoms with E-state index in [-0.39, 0.29) is 22.6 Å². The fourth-order valence-corrected chi connectivity index (χ4v) is 3.53. The molecule has 0 aliphatic rings. The zero-order valence-corrected chi connectivity index (χ0v) is 18.2. The fraction of sp³-hybridized carbons (Fsp3) is 0.273. The monoisotopic (exact) mass is 492 g/mol. The standard InChI is InChI=1S/C22H25IN2O3/c1-17(12-14-23)22(24-20-10-6-7-11-21(20)25(26)27)18(2)13-15-28-16-19-8-4-3-5-9-19/h3-14,17,22,24H,15-16H2,1-2H3/b14-12+,18-13+/t17-,22-/m0/s1. The minimum atomic E-state index is -0.361. The van der Waals surface area contributed by atoms with Crippen LogP contribution < -0.4 is 5.32 Å². The third kappa shape index (κ3) is 6.76. The van der Waals surface area contributed by atoms with Gasteiger partial charge in [-0.3, -0.25) is 10.1 Å². The number of rotatable bonds is 10. The highest BCUT2D eigenvalue weighted by atomic mass is 127. The minimum absolute atomic E-state index is 0.0753. The Morgan fingerprint density at radius 3 is 2.57 bits per heavy atom. The lowest BCUT2D eigenvalue weighted by molar-refractivity contribution is -0.384. The number of anilines is 1. The zero-order valence-electron chi connectivity index (χ0n) is 16.0. The first-order valence-corrected chi connectivity index (χ1v) is 10.3. The maximum Gasteiger partial charge on any atom is 0.292 e. The molecule has 0 unspecified atom stereocenters. The van der Waals surface area contributed by atoms with Crippen molar-refractivity contribution in [2.45, 2.75) is 26.5 Å². The summed E-state index contributed by atoms with van der Waals surface area (Å²) >= 11 is 2.19. The number of para-hydroxylation sites is 2. The number of nitrogens with zero attached hydrogens (tertiary/aromatic N) is 1. The van der Waals surface area contributed by atoms with Gasteiger partial charge in [0.25, 0.3) is 5.69 Å². The van der Waals surface area contributed by atoms with Gasteiger partial charge in [-0.15, -0.1) is 0 Å². The number of benzene rings is 2. The molecule has 2 rings (SSSR count). The Balaban J connectivity index is 2.10. The number of ether oxygens (including phenoxy) is 1. The predicted octanol–water partition coefficient (Wildman–Crippen LogP) is 6.12. The highest BCUT2D eigenvalue weighted by molar-refractivity contribution is 14.1. The Labute approximate surface area is 179 Å². The molecular formula is C22H25IN2O3. The van der Waals surface area contributed by atoms with E-state index in [0.717, 1.165) is 11.1 Å². The Morgan fingerprint density at radius 2 is 1.89 bits per heavy atom. The van der Waals surface area contributed by atoms with Crippen molar-refractivity contribution < 1.29 is 9.66 Å². The first-order chi connectivity index (χ1) is 13.5. The van der Waals surface area contributed by atoms with E-state index in [0.29, 0.717) is 18.9 Å². The second-order valence-corrected chi connectivity index (χ2v) is 7.24. The zero-order chi connectivity index (χ0) is 20.4. The Bertz CT molecular complexity index is 822. The Kier molecular flexibility index (Phi) is 9.16. The number of hydrogen-bond donors (Lipinski definition) is 1. The summed E-state index contributed by atoms with van der Waals surface area (Å²) in [5.74, 6) is 0.155. The average molecular weight is 492 g/mol. The van der Waals surface area contributed by atoms with Crippen LogP contribution in [0.3, 0.4) is 0 Å². The number of nitro benzene ring substituents is 1. The molecule has 0 aliphatic carbocycles. The van der Waals surface area contributed by atoms with E-state index in [1.165, 1.54) is 6.07 Å². The maximum absolute atomic E-state index is 11.3. The summed E-state index contributed by atoms with van der Waals surface area (Å²) in [6.07, 6.45) is 4.11. The van der Waals surface area contributed by atoms with Gasteiger partial charge < -0.3 is 10.1 Å². The summed E-state index contributed by atoms with van der Waals surface area (Å²) in [7, 11) is 0. The first-order valence-electron chi connectivity index (χ1n) is 9.08. The van der Waals surface area contributed by atoms with Crippen molar-refractivity contribution in [2.75, 3.05) is 11.9 Å². The van der Waals surface area contributed by atoms with Gasteiger partial charge in [-0.2, -0.15) is 0 Å². The number of hydrogen-bond acceptors (Lipinski definition) is 4. The molecule has 6 heteroatoms. The molecule has 0 radical (unpaired) electrons. The number of nitro groups is 1. The molecule has 28 heavy (non-hydrogen) atoms. The van der Waals surface area contributed by atoms with E-state index in [2.05, 4.69) is 40.9 Å². The van der Waals surface area contributed by atoms with Crippen LogP contribution in [0.5, 0.6) is 0 Å². The lowest BCUT2D eigenvalue weighted by Crippen LogP contribution is -2.28. The SMILES string of the molecule is C/C(=C\COCc1ccccc1)[C@@H](Nc1ccccc1[N+](=O)[O-])[C@@H](C)/C=C/I. The first kappa shape index (κ1) is 22.1. The summed E-state index contributed by atoms with van der Waals surface area (Å²) in [5, 5.41) is 14.7. The van der Waals surface area contributed by atoms with Crippen LogP contribution in [0.15, 0.2) is 76.4 Å². The Hall–Kier alpha value is -2.19. The van der Waals surface area contributed by atoms with Crippen molar-refractivity contribution >= 4 is 34.0 Å². The van der Waals surface area contributed by atoms with Crippen molar-refractivity contribution in [3.8, 4) is 0 Å². The van der Waals surface area contributed by atoms with E-state index >= 15 is 0 Å². The van der Waals surface area contributed by atoms with Gasteiger partial charge in [0.2, 0.25) is 0 Å². The lowest BCUT2D eigenvalue weighted by Gasteiger charge is -2.25. The molecule has 5 nitrogen and oxygen atoms in total. The van der Waals surface area contributed by atoms with Crippen molar-refractivity contribution in [1.29, 1.82) is 0 Å². The van der Waals surface area contributed by atoms with E-state index < -0.39 is 0 Å². The molecule has 0 heterocycles. The summed E-state index contributed by atoms with van der Waals surface area (Å²) in [5.41, 5.74) is 2.80. The molecule has 0 bridgehead atoms. The number of nitrogens with one attached hydrogen (secondary N) is 1. The molecule has 0 saturated heterocycles. The lowest BCUT2D eigenvalue weighted by atomic mass is 9.94. The van der Waals surface area contributed by atoms with Crippen LogP contribution in [0.4, 0.5) is 11.4 Å². The van der Waals surface area contributed by atoms with Gasteiger partial charge in [-0.1, -0.05) is 89.7 Å². The van der Waals surface area contributed by atoms with Crippen LogP contribution in [0.1, 0.15) is 19.4 Å². The van der Waals surface area contributed by atoms with Gasteiger partial charge in [0.1, 0.15) is 5.69 Å². The van der Waals surface area contributed by atoms with Gasteiger partial charge in [0.05, 0.1) is 24.2 Å². The highest BCUT2D eigenvalue weighted by Crippen LogP contribution is 2.27. The summed E-state index contributed by atoms with van der Waals surface area (Å²) in [6.45, 7) is 5.14. The predicted molar refractivity (Wildman–Crippen MR) is 123 cm³/mol. The summed E-state index contributed by atoms with van der Waals surface area (Å²) < 4.78 is 7.73. The Morgan fingerprint density at radius 1 is 1.21 bits per heavy atom. The van der Waals surface area contributed by atoms with Crippen LogP contribution in [0.2, 0.25) is 0 Å². The van der Waals surface area contributed by atoms with Gasteiger partial charge in [0.15, 0.2) is 0 Å². The molecule has 0 saturated carbocycles. The largest absolute Gasteiger partial charge is 0.373 e. The van der Waals surface area contributed by atoms with Gasteiger partial charge in [-0.25, -0.2) is 0 Å². The molecule has 2 atom stereocenters. The molecular weight excluding hydrogens is 467 g/mol. The van der Waals surface area contributed by atoms with Crippen molar-refractivity contribution in [1.82, 2.24) is 0 Å². The smallest absolute Gasteiger partial charge is 0.292 e. The average Bonchev–Trinajstić information content (AvgIpc) is 2.70. The highest BCUT2D eigenvalue weighted by Gasteiger charge is 2.21. The molecule has 0 fully saturated rings. The molecule has 0 aliphatic heterocycles. The molecule has 0 amide bonds. The molecule has 2 aromatic carbocycles. The topological polar surface area (TPSA) is 64.4 Å². The normalized spacial score (nSPS) is 14.0. The van der Waals surface area contributed by atoms with Gasteiger partial charge >= 0.3 is 0 Å². The van der Waals surface area contributed by atoms with Crippen molar-refractivity contribution in [3.05, 3.63) is 92.1 Å². The van der Waals surface area contributed by atoms with Crippen LogP contribution in [-0.2, 0) is 11.3 Å². The van der Waals surface area contributed by atoms with E-state index in [1.807, 2.05) is 47.4 Å². The second-order valence-electron chi connectivity index (χ2n) is 6.52. The van der Waals surface area contributed by atoms with E-state index in [4.69, 9.17) is 4.74 Å². The fourth-order valence-electron chi connectivity index (χ4n) is 2.88. The van der Waals surface area contributed by atoms with Gasteiger partial charge in [-0.05, 0) is 28.6 Å². The minimum Gasteiger partial charge on any atom is -0.373 e. The second kappa shape index (κ2) is 11.6. The van der Waals surface area contributed by atoms with Crippen LogP contribution in [0, 0.1) is 16.0 Å². The van der Waals surface area contributed by atoms with Crippen molar-refractivity contribution in [3.63, 3.8) is 0 Å². The van der Waals surface area contributed by atoms with Crippen molar-refractivity contribution in [2.24, 2.45) is 5.92 Å². The van der Waals surface area contributed by atoms with Crippen LogP contribution >= 0.6 is 22.6 Å². The molecule has 2 aromatic rings. The quantitative estimate of drug-likeness (QED) is 0.143. The van der Waals surface area contributed by atoms with Crippen LogP contribution in [-0.4, -0.2) is 17.6 Å². The molecule has 148 valence electrons. The summed E-state index contributed by atoms with van der Waals surface area (Å²) in [4.78, 5) is 11.0. The van der Waals surface area contributed by atoms with E-state index in [1.54, 1.807) is 18.2 Å². The third-order valence-corrected chi connectivity index (χ3v) is 4.85. The van der Waals surface area contributed by atoms with Gasteiger partial charge in [0, 0.05) is 6.07 Å². The van der Waals surface area contributed by atoms with E-state index in [9.17, 15) is 10.1 Å². The number of halogens is 1. The maximum atomic E-state index is 11.3. The van der Waals surface area contributed by atoms with Crippen LogP contribution in [0.25, 0.3) is 0 Å². The molecule has 1 N–H and O–H groups in total. The molecule has 0 spiro atoms.